The molecule has 2 aromatic carbocycles. The van der Waals surface area contributed by atoms with Crippen molar-refractivity contribution in [2.45, 2.75) is 12.8 Å². The highest BCUT2D eigenvalue weighted by Gasteiger charge is 2.09. The number of nitrogens with one attached hydrogen (secondary N) is 1. The second-order valence-corrected chi connectivity index (χ2v) is 4.60. The van der Waals surface area contributed by atoms with Crippen molar-refractivity contribution < 1.29 is 4.42 Å². The summed E-state index contributed by atoms with van der Waals surface area (Å²) in [5, 5.41) is 5.70. The Balaban J connectivity index is 2.13. The van der Waals surface area contributed by atoms with Crippen LogP contribution in [0.15, 0.2) is 46.9 Å². The van der Waals surface area contributed by atoms with Crippen LogP contribution in [0.4, 0.5) is 0 Å². The molecule has 1 aromatic heterocycles. The third-order valence-electron chi connectivity index (χ3n) is 3.36. The molecule has 3 rings (SSSR count). The van der Waals surface area contributed by atoms with Crippen LogP contribution in [-0.4, -0.2) is 13.6 Å². The zero-order chi connectivity index (χ0) is 12.4. The average Bonchev–Trinajstić information content (AvgIpc) is 2.78. The molecule has 0 saturated carbocycles. The average molecular weight is 239 g/mol. The lowest BCUT2D eigenvalue weighted by Gasteiger charge is -2.03. The van der Waals surface area contributed by atoms with Gasteiger partial charge in [0.25, 0.3) is 0 Å². The van der Waals surface area contributed by atoms with Gasteiger partial charge in [-0.1, -0.05) is 30.3 Å². The van der Waals surface area contributed by atoms with Gasteiger partial charge in [-0.15, -0.1) is 0 Å². The van der Waals surface area contributed by atoms with Crippen LogP contribution in [0.5, 0.6) is 0 Å². The molecule has 0 aliphatic carbocycles. The minimum atomic E-state index is 0.980. The summed E-state index contributed by atoms with van der Waals surface area (Å²) in [5.74, 6) is 0. The SMILES string of the molecule is CNCCCc1cccc2oc3ccccc3c12. The van der Waals surface area contributed by atoms with E-state index >= 15 is 0 Å². The first-order chi connectivity index (χ1) is 8.90. The maximum Gasteiger partial charge on any atom is 0.135 e. The number of fused-ring (bicyclic) bond motifs is 3. The Morgan fingerprint density at radius 3 is 2.72 bits per heavy atom. The number of benzene rings is 2. The molecule has 2 nitrogen and oxygen atoms in total. The van der Waals surface area contributed by atoms with E-state index in [1.54, 1.807) is 0 Å². The third kappa shape index (κ3) is 1.89. The van der Waals surface area contributed by atoms with Crippen molar-refractivity contribution in [2.75, 3.05) is 13.6 Å². The molecular weight excluding hydrogens is 222 g/mol. The van der Waals surface area contributed by atoms with Crippen LogP contribution in [-0.2, 0) is 6.42 Å². The quantitative estimate of drug-likeness (QED) is 0.702. The van der Waals surface area contributed by atoms with Gasteiger partial charge in [-0.05, 0) is 44.1 Å². The van der Waals surface area contributed by atoms with Crippen LogP contribution in [0.25, 0.3) is 21.9 Å². The predicted octanol–water partition coefficient (Wildman–Crippen LogP) is 3.74. The summed E-state index contributed by atoms with van der Waals surface area (Å²) in [6.45, 7) is 1.05. The molecule has 0 aliphatic heterocycles. The largest absolute Gasteiger partial charge is 0.456 e. The van der Waals surface area contributed by atoms with E-state index in [4.69, 9.17) is 4.42 Å². The van der Waals surface area contributed by atoms with Crippen LogP contribution in [0, 0.1) is 0 Å². The number of furan rings is 1. The number of aryl methyl sites for hydroxylation is 1. The summed E-state index contributed by atoms with van der Waals surface area (Å²) >= 11 is 0. The summed E-state index contributed by atoms with van der Waals surface area (Å²) in [6, 6.07) is 14.6. The summed E-state index contributed by atoms with van der Waals surface area (Å²) in [4.78, 5) is 0. The summed E-state index contributed by atoms with van der Waals surface area (Å²) < 4.78 is 5.88. The Kier molecular flexibility index (Phi) is 3.03. The van der Waals surface area contributed by atoms with Crippen LogP contribution >= 0.6 is 0 Å². The van der Waals surface area contributed by atoms with Crippen LogP contribution < -0.4 is 5.32 Å². The van der Waals surface area contributed by atoms with Crippen LogP contribution in [0.1, 0.15) is 12.0 Å². The molecular formula is C16H17NO. The van der Waals surface area contributed by atoms with Gasteiger partial charge in [-0.2, -0.15) is 0 Å². The first-order valence-electron chi connectivity index (χ1n) is 6.44. The Labute approximate surface area is 107 Å². The molecule has 1 N–H and O–H groups in total. The van der Waals surface area contributed by atoms with Crippen LogP contribution in [0.3, 0.4) is 0 Å². The van der Waals surface area contributed by atoms with Crippen molar-refractivity contribution >= 4 is 21.9 Å². The van der Waals surface area contributed by atoms with Gasteiger partial charge in [-0.25, -0.2) is 0 Å². The molecule has 0 unspecified atom stereocenters. The lowest BCUT2D eigenvalue weighted by molar-refractivity contribution is 0.668. The van der Waals surface area contributed by atoms with Gasteiger partial charge in [0.2, 0.25) is 0 Å². The van der Waals surface area contributed by atoms with E-state index in [2.05, 4.69) is 35.6 Å². The smallest absolute Gasteiger partial charge is 0.135 e. The lowest BCUT2D eigenvalue weighted by atomic mass is 10.0. The fourth-order valence-electron chi connectivity index (χ4n) is 2.51. The monoisotopic (exact) mass is 239 g/mol. The first-order valence-corrected chi connectivity index (χ1v) is 6.44. The molecule has 0 spiro atoms. The number of hydrogen-bond donors (Lipinski definition) is 1. The standard InChI is InChI=1S/C16H17NO/c1-17-11-5-7-12-6-4-10-15-16(12)13-8-2-3-9-14(13)18-15/h2-4,6,8-10,17H,5,7,11H2,1H3. The Hall–Kier alpha value is -1.80. The predicted molar refractivity (Wildman–Crippen MR) is 76.0 cm³/mol. The normalized spacial score (nSPS) is 11.4. The molecule has 92 valence electrons. The Morgan fingerprint density at radius 1 is 1.00 bits per heavy atom. The second-order valence-electron chi connectivity index (χ2n) is 4.60. The molecule has 0 amide bonds. The fraction of sp³-hybridized carbons (Fsp3) is 0.250. The molecule has 1 heterocycles. The highest BCUT2D eigenvalue weighted by molar-refractivity contribution is 6.06. The van der Waals surface area contributed by atoms with E-state index in [9.17, 15) is 0 Å². The van der Waals surface area contributed by atoms with Gasteiger partial charge in [0.05, 0.1) is 0 Å². The molecule has 0 atom stereocenters. The number of para-hydroxylation sites is 1. The van der Waals surface area contributed by atoms with Crippen molar-refractivity contribution in [3.63, 3.8) is 0 Å². The Morgan fingerprint density at radius 2 is 1.83 bits per heavy atom. The maximum atomic E-state index is 5.88. The van der Waals surface area contributed by atoms with Gasteiger partial charge in [-0.3, -0.25) is 0 Å². The molecule has 3 aromatic rings. The summed E-state index contributed by atoms with van der Waals surface area (Å²) in [7, 11) is 1.99. The minimum absolute atomic E-state index is 0.980. The molecule has 18 heavy (non-hydrogen) atoms. The van der Waals surface area contributed by atoms with Gasteiger partial charge in [0.15, 0.2) is 0 Å². The summed E-state index contributed by atoms with van der Waals surface area (Å²) in [6.07, 6.45) is 2.23. The van der Waals surface area contributed by atoms with Crippen molar-refractivity contribution in [1.82, 2.24) is 5.32 Å². The van der Waals surface area contributed by atoms with Crippen molar-refractivity contribution in [1.29, 1.82) is 0 Å². The van der Waals surface area contributed by atoms with E-state index in [0.717, 1.165) is 30.6 Å². The van der Waals surface area contributed by atoms with Gasteiger partial charge in [0.1, 0.15) is 11.2 Å². The molecule has 0 radical (unpaired) electrons. The second kappa shape index (κ2) is 4.83. The third-order valence-corrected chi connectivity index (χ3v) is 3.36. The molecule has 0 fully saturated rings. The lowest BCUT2D eigenvalue weighted by Crippen LogP contribution is -2.08. The van der Waals surface area contributed by atoms with E-state index < -0.39 is 0 Å². The number of hydrogen-bond acceptors (Lipinski definition) is 2. The van der Waals surface area contributed by atoms with Crippen molar-refractivity contribution in [3.8, 4) is 0 Å². The van der Waals surface area contributed by atoms with Gasteiger partial charge < -0.3 is 9.73 Å². The molecule has 2 heteroatoms. The van der Waals surface area contributed by atoms with Crippen molar-refractivity contribution in [2.24, 2.45) is 0 Å². The first kappa shape index (κ1) is 11.3. The fourth-order valence-corrected chi connectivity index (χ4v) is 2.51. The maximum absolute atomic E-state index is 5.88. The summed E-state index contributed by atoms with van der Waals surface area (Å²) in [5.41, 5.74) is 3.36. The highest BCUT2D eigenvalue weighted by atomic mass is 16.3. The zero-order valence-electron chi connectivity index (χ0n) is 10.6. The van der Waals surface area contributed by atoms with E-state index in [1.807, 2.05) is 19.2 Å². The number of rotatable bonds is 4. The molecule has 0 bridgehead atoms. The topological polar surface area (TPSA) is 25.2 Å². The molecule has 0 saturated heterocycles. The van der Waals surface area contributed by atoms with E-state index in [1.165, 1.54) is 16.3 Å². The van der Waals surface area contributed by atoms with Gasteiger partial charge >= 0.3 is 0 Å². The van der Waals surface area contributed by atoms with Gasteiger partial charge in [0, 0.05) is 10.8 Å². The van der Waals surface area contributed by atoms with E-state index in [0.29, 0.717) is 0 Å². The zero-order valence-corrected chi connectivity index (χ0v) is 10.6. The Bertz CT molecular complexity index is 669. The highest BCUT2D eigenvalue weighted by Crippen LogP contribution is 2.31. The minimum Gasteiger partial charge on any atom is -0.456 e. The molecule has 0 aliphatic rings. The van der Waals surface area contributed by atoms with Crippen LogP contribution in [0.2, 0.25) is 0 Å². The van der Waals surface area contributed by atoms with E-state index in [-0.39, 0.29) is 0 Å². The van der Waals surface area contributed by atoms with Crippen molar-refractivity contribution in [3.05, 3.63) is 48.0 Å².